The summed E-state index contributed by atoms with van der Waals surface area (Å²) in [6.45, 7) is 8.34. The highest BCUT2D eigenvalue weighted by Gasteiger charge is 2.10. The number of aromatic nitrogens is 1. The number of anilines is 1. The molecule has 2 aromatic rings. The van der Waals surface area contributed by atoms with Gasteiger partial charge in [-0.25, -0.2) is 4.98 Å². The first-order valence-corrected chi connectivity index (χ1v) is 7.44. The average molecular weight is 299 g/mol. The molecule has 0 aliphatic carbocycles. The monoisotopic (exact) mass is 299 g/mol. The number of aryl methyl sites for hydroxylation is 3. The number of benzene rings is 1. The first kappa shape index (κ1) is 15.4. The lowest BCUT2D eigenvalue weighted by atomic mass is 10.0. The maximum Gasteiger partial charge on any atom is 0.172 e. The van der Waals surface area contributed by atoms with Crippen LogP contribution >= 0.6 is 12.2 Å². The molecule has 0 aliphatic rings. The molecule has 1 heterocycles. The van der Waals surface area contributed by atoms with Crippen LogP contribution in [0.3, 0.4) is 0 Å². The van der Waals surface area contributed by atoms with E-state index < -0.39 is 0 Å². The third-order valence-electron chi connectivity index (χ3n) is 3.49. The number of hydrogen-bond acceptors (Lipinski definition) is 2. The van der Waals surface area contributed by atoms with Crippen molar-refractivity contribution in [3.63, 3.8) is 0 Å². The number of nitrogens with zero attached hydrogens (tertiary/aromatic N) is 1. The van der Waals surface area contributed by atoms with Crippen molar-refractivity contribution in [1.82, 2.24) is 10.3 Å². The van der Waals surface area contributed by atoms with Crippen molar-refractivity contribution >= 4 is 23.1 Å². The third kappa shape index (κ3) is 4.02. The minimum atomic E-state index is 0.147. The van der Waals surface area contributed by atoms with Crippen LogP contribution in [0.2, 0.25) is 0 Å². The van der Waals surface area contributed by atoms with Crippen molar-refractivity contribution in [3.05, 3.63) is 58.8 Å². The van der Waals surface area contributed by atoms with E-state index in [2.05, 4.69) is 54.6 Å². The lowest BCUT2D eigenvalue weighted by Gasteiger charge is -2.19. The molecule has 4 heteroatoms. The lowest BCUT2D eigenvalue weighted by molar-refractivity contribution is 0.716. The number of rotatable bonds is 3. The largest absolute Gasteiger partial charge is 0.356 e. The van der Waals surface area contributed by atoms with Gasteiger partial charge in [0, 0.05) is 6.20 Å². The highest BCUT2D eigenvalue weighted by molar-refractivity contribution is 7.80. The molecule has 1 aromatic carbocycles. The zero-order valence-corrected chi connectivity index (χ0v) is 13.7. The SMILES string of the molecule is Cc1ccc(C)c([C@H](C)NC(=S)Nc2ncccc2C)c1. The molecule has 0 fully saturated rings. The van der Waals surface area contributed by atoms with E-state index in [-0.39, 0.29) is 6.04 Å². The summed E-state index contributed by atoms with van der Waals surface area (Å²) >= 11 is 5.39. The number of thiocarbonyl (C=S) groups is 1. The molecule has 2 N–H and O–H groups in total. The van der Waals surface area contributed by atoms with Crippen LogP contribution in [0.4, 0.5) is 5.82 Å². The van der Waals surface area contributed by atoms with E-state index in [1.165, 1.54) is 16.7 Å². The van der Waals surface area contributed by atoms with Crippen molar-refractivity contribution in [3.8, 4) is 0 Å². The van der Waals surface area contributed by atoms with E-state index in [9.17, 15) is 0 Å². The predicted molar refractivity (Wildman–Crippen MR) is 92.7 cm³/mol. The molecule has 0 bridgehead atoms. The first-order valence-electron chi connectivity index (χ1n) is 7.03. The van der Waals surface area contributed by atoms with Gasteiger partial charge >= 0.3 is 0 Å². The van der Waals surface area contributed by atoms with E-state index in [1.807, 2.05) is 19.1 Å². The van der Waals surface area contributed by atoms with Gasteiger partial charge < -0.3 is 10.6 Å². The van der Waals surface area contributed by atoms with E-state index in [0.29, 0.717) is 5.11 Å². The molecule has 0 radical (unpaired) electrons. The molecule has 2 rings (SSSR count). The van der Waals surface area contributed by atoms with Gasteiger partial charge in [0.15, 0.2) is 5.11 Å². The standard InChI is InChI=1S/C17H21N3S/c1-11-7-8-12(2)15(10-11)14(4)19-17(21)20-16-13(3)6-5-9-18-16/h5-10,14H,1-4H3,(H2,18,19,20,21)/t14-/m0/s1. The fourth-order valence-corrected chi connectivity index (χ4v) is 2.53. The molecule has 0 saturated carbocycles. The number of hydrogen-bond donors (Lipinski definition) is 2. The van der Waals surface area contributed by atoms with Crippen molar-refractivity contribution in [2.75, 3.05) is 5.32 Å². The molecule has 21 heavy (non-hydrogen) atoms. The molecule has 0 unspecified atom stereocenters. The summed E-state index contributed by atoms with van der Waals surface area (Å²) < 4.78 is 0. The van der Waals surface area contributed by atoms with Crippen LogP contribution in [0.5, 0.6) is 0 Å². The highest BCUT2D eigenvalue weighted by atomic mass is 32.1. The van der Waals surface area contributed by atoms with Gasteiger partial charge in [-0.3, -0.25) is 0 Å². The molecule has 1 aromatic heterocycles. The summed E-state index contributed by atoms with van der Waals surface area (Å²) in [4.78, 5) is 4.29. The Balaban J connectivity index is 2.06. The Morgan fingerprint density at radius 3 is 2.62 bits per heavy atom. The minimum Gasteiger partial charge on any atom is -0.356 e. The fourth-order valence-electron chi connectivity index (χ4n) is 2.26. The second kappa shape index (κ2) is 6.68. The third-order valence-corrected chi connectivity index (χ3v) is 3.71. The zero-order valence-electron chi connectivity index (χ0n) is 12.9. The van der Waals surface area contributed by atoms with Crippen LogP contribution in [-0.2, 0) is 0 Å². The smallest absolute Gasteiger partial charge is 0.172 e. The summed E-state index contributed by atoms with van der Waals surface area (Å²) in [5, 5.41) is 7.06. The second-order valence-corrected chi connectivity index (χ2v) is 5.76. The summed E-state index contributed by atoms with van der Waals surface area (Å²) in [5.74, 6) is 0.795. The molecule has 110 valence electrons. The fraction of sp³-hybridized carbons (Fsp3) is 0.294. The van der Waals surface area contributed by atoms with Gasteiger partial charge in [0.25, 0.3) is 0 Å². The van der Waals surface area contributed by atoms with E-state index >= 15 is 0 Å². The lowest BCUT2D eigenvalue weighted by Crippen LogP contribution is -2.31. The van der Waals surface area contributed by atoms with Gasteiger partial charge in [-0.05, 0) is 62.7 Å². The van der Waals surface area contributed by atoms with Crippen molar-refractivity contribution < 1.29 is 0 Å². The summed E-state index contributed by atoms with van der Waals surface area (Å²) in [5.41, 5.74) is 4.85. The topological polar surface area (TPSA) is 37.0 Å². The van der Waals surface area contributed by atoms with Crippen molar-refractivity contribution in [1.29, 1.82) is 0 Å². The van der Waals surface area contributed by atoms with Crippen LogP contribution < -0.4 is 10.6 Å². The number of nitrogens with one attached hydrogen (secondary N) is 2. The van der Waals surface area contributed by atoms with E-state index in [0.717, 1.165) is 11.4 Å². The van der Waals surface area contributed by atoms with Gasteiger partial charge in [0.05, 0.1) is 6.04 Å². The van der Waals surface area contributed by atoms with Crippen LogP contribution in [-0.4, -0.2) is 10.1 Å². The maximum atomic E-state index is 5.39. The summed E-state index contributed by atoms with van der Waals surface area (Å²) in [7, 11) is 0. The quantitative estimate of drug-likeness (QED) is 0.838. The molecular weight excluding hydrogens is 278 g/mol. The zero-order chi connectivity index (χ0) is 15.4. The Morgan fingerprint density at radius 2 is 1.90 bits per heavy atom. The highest BCUT2D eigenvalue weighted by Crippen LogP contribution is 2.19. The van der Waals surface area contributed by atoms with Gasteiger partial charge in [0.1, 0.15) is 5.82 Å². The molecule has 0 amide bonds. The van der Waals surface area contributed by atoms with E-state index in [4.69, 9.17) is 12.2 Å². The van der Waals surface area contributed by atoms with Crippen molar-refractivity contribution in [2.24, 2.45) is 0 Å². The van der Waals surface area contributed by atoms with Gasteiger partial charge in [-0.1, -0.05) is 29.8 Å². The number of pyridine rings is 1. The second-order valence-electron chi connectivity index (χ2n) is 5.35. The van der Waals surface area contributed by atoms with Gasteiger partial charge in [0.2, 0.25) is 0 Å². The molecular formula is C17H21N3S. The predicted octanol–water partition coefficient (Wildman–Crippen LogP) is 4.05. The molecule has 0 spiro atoms. The molecule has 0 aliphatic heterocycles. The minimum absolute atomic E-state index is 0.147. The maximum absolute atomic E-state index is 5.39. The average Bonchev–Trinajstić information content (AvgIpc) is 2.44. The summed E-state index contributed by atoms with van der Waals surface area (Å²) in [6.07, 6.45) is 1.76. The molecule has 3 nitrogen and oxygen atoms in total. The normalized spacial score (nSPS) is 11.8. The molecule has 0 saturated heterocycles. The van der Waals surface area contributed by atoms with Gasteiger partial charge in [-0.2, -0.15) is 0 Å². The van der Waals surface area contributed by atoms with Crippen LogP contribution in [0.15, 0.2) is 36.5 Å². The Hall–Kier alpha value is -1.94. The van der Waals surface area contributed by atoms with Crippen LogP contribution in [0.25, 0.3) is 0 Å². The van der Waals surface area contributed by atoms with Gasteiger partial charge in [-0.15, -0.1) is 0 Å². The Morgan fingerprint density at radius 1 is 1.14 bits per heavy atom. The Kier molecular flexibility index (Phi) is 4.91. The Bertz CT molecular complexity index is 652. The first-order chi connectivity index (χ1) is 9.97. The van der Waals surface area contributed by atoms with Crippen LogP contribution in [0.1, 0.15) is 35.2 Å². The van der Waals surface area contributed by atoms with Crippen molar-refractivity contribution in [2.45, 2.75) is 33.7 Å². The Labute approximate surface area is 131 Å². The van der Waals surface area contributed by atoms with E-state index in [1.54, 1.807) is 6.20 Å². The summed E-state index contributed by atoms with van der Waals surface area (Å²) in [6, 6.07) is 10.5. The van der Waals surface area contributed by atoms with Crippen LogP contribution in [0, 0.1) is 20.8 Å². The molecule has 1 atom stereocenters.